The van der Waals surface area contributed by atoms with Crippen LogP contribution in [0.3, 0.4) is 0 Å². The SMILES string of the molecule is NC[C@H]1CC[C@H](C(=O)NCCN2C(=O)C=CC2=O)CC1. The van der Waals surface area contributed by atoms with Crippen LogP contribution in [0.25, 0.3) is 0 Å². The summed E-state index contributed by atoms with van der Waals surface area (Å²) in [6, 6.07) is 0. The highest BCUT2D eigenvalue weighted by atomic mass is 16.2. The molecule has 0 radical (unpaired) electrons. The molecular formula is C14H21N3O3. The van der Waals surface area contributed by atoms with Crippen LogP contribution in [0.1, 0.15) is 25.7 Å². The van der Waals surface area contributed by atoms with Crippen LogP contribution in [0.5, 0.6) is 0 Å². The minimum atomic E-state index is -0.312. The molecule has 2 aliphatic rings. The molecule has 1 fully saturated rings. The average Bonchev–Trinajstić information content (AvgIpc) is 2.79. The van der Waals surface area contributed by atoms with Gasteiger partial charge in [-0.3, -0.25) is 19.3 Å². The second kappa shape index (κ2) is 6.65. The lowest BCUT2D eigenvalue weighted by molar-refractivity contribution is -0.137. The minimum Gasteiger partial charge on any atom is -0.354 e. The maximum atomic E-state index is 12.0. The third-order valence-electron chi connectivity index (χ3n) is 4.09. The number of hydrogen-bond acceptors (Lipinski definition) is 4. The summed E-state index contributed by atoms with van der Waals surface area (Å²) in [7, 11) is 0. The van der Waals surface area contributed by atoms with E-state index in [1.54, 1.807) is 0 Å². The second-order valence-corrected chi connectivity index (χ2v) is 5.41. The van der Waals surface area contributed by atoms with Gasteiger partial charge in [0.2, 0.25) is 5.91 Å². The van der Waals surface area contributed by atoms with Gasteiger partial charge >= 0.3 is 0 Å². The Kier molecular flexibility index (Phi) is 4.89. The first-order chi connectivity index (χ1) is 9.61. The molecule has 2 rings (SSSR count). The summed E-state index contributed by atoms with van der Waals surface area (Å²) >= 11 is 0. The van der Waals surface area contributed by atoms with E-state index >= 15 is 0 Å². The molecule has 0 spiro atoms. The van der Waals surface area contributed by atoms with E-state index in [0.29, 0.717) is 19.0 Å². The van der Waals surface area contributed by atoms with Crippen molar-refractivity contribution in [2.45, 2.75) is 25.7 Å². The number of nitrogens with one attached hydrogen (secondary N) is 1. The van der Waals surface area contributed by atoms with E-state index in [9.17, 15) is 14.4 Å². The van der Waals surface area contributed by atoms with Crippen LogP contribution in [0.4, 0.5) is 0 Å². The van der Waals surface area contributed by atoms with Crippen LogP contribution in [0, 0.1) is 11.8 Å². The lowest BCUT2D eigenvalue weighted by atomic mass is 9.81. The molecule has 6 heteroatoms. The molecule has 0 aromatic carbocycles. The van der Waals surface area contributed by atoms with Gasteiger partial charge in [0.15, 0.2) is 0 Å². The first kappa shape index (κ1) is 14.7. The van der Waals surface area contributed by atoms with Gasteiger partial charge in [-0.15, -0.1) is 0 Å². The highest BCUT2D eigenvalue weighted by Crippen LogP contribution is 2.28. The highest BCUT2D eigenvalue weighted by molar-refractivity contribution is 6.12. The molecule has 0 aromatic rings. The van der Waals surface area contributed by atoms with E-state index in [-0.39, 0.29) is 30.2 Å². The number of nitrogens with two attached hydrogens (primary N) is 1. The van der Waals surface area contributed by atoms with Gasteiger partial charge < -0.3 is 11.1 Å². The molecule has 0 unspecified atom stereocenters. The Morgan fingerprint density at radius 1 is 1.20 bits per heavy atom. The van der Waals surface area contributed by atoms with Gasteiger partial charge in [-0.1, -0.05) is 0 Å². The molecule has 110 valence electrons. The zero-order chi connectivity index (χ0) is 14.5. The van der Waals surface area contributed by atoms with E-state index in [0.717, 1.165) is 30.6 Å². The smallest absolute Gasteiger partial charge is 0.253 e. The van der Waals surface area contributed by atoms with Crippen LogP contribution < -0.4 is 11.1 Å². The van der Waals surface area contributed by atoms with Crippen LogP contribution in [-0.4, -0.2) is 42.3 Å². The van der Waals surface area contributed by atoms with Crippen LogP contribution >= 0.6 is 0 Å². The standard InChI is InChI=1S/C14H21N3O3/c15-9-10-1-3-11(4-2-10)14(20)16-7-8-17-12(18)5-6-13(17)19/h5-6,10-11H,1-4,7-9,15H2,(H,16,20)/t10-,11-. The molecule has 1 heterocycles. The first-order valence-corrected chi connectivity index (χ1v) is 7.13. The van der Waals surface area contributed by atoms with E-state index in [2.05, 4.69) is 5.32 Å². The molecule has 6 nitrogen and oxygen atoms in total. The molecule has 0 aromatic heterocycles. The third-order valence-corrected chi connectivity index (χ3v) is 4.09. The summed E-state index contributed by atoms with van der Waals surface area (Å²) in [5.74, 6) is -0.0150. The number of imide groups is 1. The van der Waals surface area contributed by atoms with E-state index in [4.69, 9.17) is 5.73 Å². The van der Waals surface area contributed by atoms with Crippen molar-refractivity contribution in [2.24, 2.45) is 17.6 Å². The molecule has 3 amide bonds. The molecule has 0 atom stereocenters. The van der Waals surface area contributed by atoms with Gasteiger partial charge in [-0.05, 0) is 38.1 Å². The maximum absolute atomic E-state index is 12.0. The van der Waals surface area contributed by atoms with Crippen LogP contribution in [0.2, 0.25) is 0 Å². The average molecular weight is 279 g/mol. The van der Waals surface area contributed by atoms with Crippen molar-refractivity contribution in [1.82, 2.24) is 10.2 Å². The highest BCUT2D eigenvalue weighted by Gasteiger charge is 2.26. The zero-order valence-electron chi connectivity index (χ0n) is 11.5. The van der Waals surface area contributed by atoms with Crippen molar-refractivity contribution < 1.29 is 14.4 Å². The molecular weight excluding hydrogens is 258 g/mol. The lowest BCUT2D eigenvalue weighted by Gasteiger charge is -2.27. The van der Waals surface area contributed by atoms with E-state index < -0.39 is 0 Å². The van der Waals surface area contributed by atoms with Gasteiger partial charge in [0.05, 0.1) is 0 Å². The maximum Gasteiger partial charge on any atom is 0.253 e. The largest absolute Gasteiger partial charge is 0.354 e. The van der Waals surface area contributed by atoms with Gasteiger partial charge in [0, 0.05) is 31.2 Å². The summed E-state index contributed by atoms with van der Waals surface area (Å²) in [6.07, 6.45) is 6.24. The fraction of sp³-hybridized carbons (Fsp3) is 0.643. The molecule has 0 saturated heterocycles. The predicted molar refractivity (Wildman–Crippen MR) is 73.4 cm³/mol. The molecule has 1 aliphatic carbocycles. The number of amides is 3. The fourth-order valence-electron chi connectivity index (χ4n) is 2.75. The zero-order valence-corrected chi connectivity index (χ0v) is 11.5. The Hall–Kier alpha value is -1.69. The molecule has 20 heavy (non-hydrogen) atoms. The second-order valence-electron chi connectivity index (χ2n) is 5.41. The Balaban J connectivity index is 1.68. The lowest BCUT2D eigenvalue weighted by Crippen LogP contribution is -2.41. The molecule has 1 saturated carbocycles. The van der Waals surface area contributed by atoms with Crippen molar-refractivity contribution in [3.63, 3.8) is 0 Å². The molecule has 3 N–H and O–H groups in total. The van der Waals surface area contributed by atoms with Gasteiger partial charge in [-0.2, -0.15) is 0 Å². The number of carbonyl (C=O) groups excluding carboxylic acids is 3. The quantitative estimate of drug-likeness (QED) is 0.681. The number of rotatable bonds is 5. The summed E-state index contributed by atoms with van der Waals surface area (Å²) in [5, 5.41) is 2.81. The predicted octanol–water partition coefficient (Wildman–Crippen LogP) is -0.207. The molecule has 0 bridgehead atoms. The van der Waals surface area contributed by atoms with Gasteiger partial charge in [-0.25, -0.2) is 0 Å². The first-order valence-electron chi connectivity index (χ1n) is 7.13. The van der Waals surface area contributed by atoms with E-state index in [1.165, 1.54) is 12.2 Å². The monoisotopic (exact) mass is 279 g/mol. The third kappa shape index (κ3) is 3.45. The Morgan fingerprint density at radius 3 is 2.35 bits per heavy atom. The van der Waals surface area contributed by atoms with Crippen LogP contribution in [-0.2, 0) is 14.4 Å². The number of nitrogens with zero attached hydrogens (tertiary/aromatic N) is 1. The Bertz CT molecular complexity index is 407. The van der Waals surface area contributed by atoms with Gasteiger partial charge in [0.1, 0.15) is 0 Å². The molecule has 1 aliphatic heterocycles. The summed E-state index contributed by atoms with van der Waals surface area (Å²) in [5.41, 5.74) is 5.63. The van der Waals surface area contributed by atoms with E-state index in [1.807, 2.05) is 0 Å². The number of carbonyl (C=O) groups is 3. The topological polar surface area (TPSA) is 92.5 Å². The normalized spacial score (nSPS) is 26.1. The fourth-order valence-corrected chi connectivity index (χ4v) is 2.75. The van der Waals surface area contributed by atoms with Crippen molar-refractivity contribution in [1.29, 1.82) is 0 Å². The van der Waals surface area contributed by atoms with Gasteiger partial charge in [0.25, 0.3) is 11.8 Å². The Morgan fingerprint density at radius 2 is 1.80 bits per heavy atom. The van der Waals surface area contributed by atoms with Crippen molar-refractivity contribution in [3.8, 4) is 0 Å². The summed E-state index contributed by atoms with van der Waals surface area (Å²) < 4.78 is 0. The van der Waals surface area contributed by atoms with Crippen molar-refractivity contribution >= 4 is 17.7 Å². The van der Waals surface area contributed by atoms with Crippen molar-refractivity contribution in [2.75, 3.05) is 19.6 Å². The summed E-state index contributed by atoms with van der Waals surface area (Å²) in [4.78, 5) is 35.8. The summed E-state index contributed by atoms with van der Waals surface area (Å²) in [6.45, 7) is 1.24. The van der Waals surface area contributed by atoms with Crippen molar-refractivity contribution in [3.05, 3.63) is 12.2 Å². The minimum absolute atomic E-state index is 0.0209. The Labute approximate surface area is 118 Å². The van der Waals surface area contributed by atoms with Crippen LogP contribution in [0.15, 0.2) is 12.2 Å². The number of hydrogen-bond donors (Lipinski definition) is 2.